The van der Waals surface area contributed by atoms with Gasteiger partial charge in [0.2, 0.25) is 0 Å². The number of piperazine rings is 1. The normalized spacial score (nSPS) is 14.4. The zero-order chi connectivity index (χ0) is 20.4. The maximum Gasteiger partial charge on any atom is 0.290 e. The number of nitrogens with zero attached hydrogens (tertiary/aromatic N) is 2. The molecule has 0 atom stereocenters. The van der Waals surface area contributed by atoms with Crippen LogP contribution in [0.3, 0.4) is 0 Å². The van der Waals surface area contributed by atoms with Crippen LogP contribution in [0.5, 0.6) is 0 Å². The molecule has 0 unspecified atom stereocenters. The number of furan rings is 1. The summed E-state index contributed by atoms with van der Waals surface area (Å²) < 4.78 is 11.2. The van der Waals surface area contributed by atoms with Crippen LogP contribution in [0.4, 0.5) is 5.69 Å². The highest BCUT2D eigenvalue weighted by molar-refractivity contribution is 5.99. The molecule has 0 saturated carbocycles. The molecule has 1 amide bonds. The van der Waals surface area contributed by atoms with E-state index < -0.39 is 0 Å². The van der Waals surface area contributed by atoms with Gasteiger partial charge in [-0.15, -0.1) is 0 Å². The van der Waals surface area contributed by atoms with Gasteiger partial charge in [0.15, 0.2) is 11.5 Å². The summed E-state index contributed by atoms with van der Waals surface area (Å²) in [5.74, 6) is 0.330. The van der Waals surface area contributed by atoms with Crippen molar-refractivity contribution in [3.05, 3.63) is 65.4 Å². The van der Waals surface area contributed by atoms with Crippen LogP contribution in [0.2, 0.25) is 0 Å². The van der Waals surface area contributed by atoms with Gasteiger partial charge in [0.25, 0.3) is 5.91 Å². The summed E-state index contributed by atoms with van der Waals surface area (Å²) in [6, 6.07) is 15.3. The molecular weight excluding hydrogens is 368 g/mol. The second-order valence-corrected chi connectivity index (χ2v) is 7.22. The summed E-state index contributed by atoms with van der Waals surface area (Å²) >= 11 is 0. The monoisotopic (exact) mass is 392 g/mol. The average Bonchev–Trinajstić information content (AvgIpc) is 3.12. The lowest BCUT2D eigenvalue weighted by Gasteiger charge is -2.35. The average molecular weight is 392 g/mol. The topological polar surface area (TPSA) is 63.0 Å². The first-order valence-corrected chi connectivity index (χ1v) is 9.73. The number of ketones is 1. The van der Waals surface area contributed by atoms with Crippen molar-refractivity contribution in [1.82, 2.24) is 4.90 Å². The highest BCUT2D eigenvalue weighted by atomic mass is 16.5. The predicted molar refractivity (Wildman–Crippen MR) is 111 cm³/mol. The van der Waals surface area contributed by atoms with Gasteiger partial charge in [0.1, 0.15) is 5.58 Å². The molecular formula is C23H24N2O4. The van der Waals surface area contributed by atoms with Crippen molar-refractivity contribution in [1.29, 1.82) is 0 Å². The van der Waals surface area contributed by atoms with Crippen molar-refractivity contribution in [3.63, 3.8) is 0 Å². The van der Waals surface area contributed by atoms with Crippen LogP contribution >= 0.6 is 0 Å². The fourth-order valence-corrected chi connectivity index (χ4v) is 3.78. The molecule has 1 fully saturated rings. The first-order chi connectivity index (χ1) is 14.1. The minimum absolute atomic E-state index is 0.0599. The molecule has 6 nitrogen and oxygen atoms in total. The Morgan fingerprint density at radius 2 is 1.69 bits per heavy atom. The fraction of sp³-hybridized carbons (Fsp3) is 0.304. The van der Waals surface area contributed by atoms with Gasteiger partial charge in [-0.2, -0.15) is 0 Å². The Hall–Kier alpha value is -3.12. The molecule has 1 aromatic heterocycles. The molecule has 150 valence electrons. The molecule has 0 radical (unpaired) electrons. The van der Waals surface area contributed by atoms with Gasteiger partial charge in [0.05, 0.1) is 6.61 Å². The molecule has 3 aromatic rings. The maximum absolute atomic E-state index is 13.1. The minimum atomic E-state index is -0.0974. The van der Waals surface area contributed by atoms with E-state index in [4.69, 9.17) is 9.15 Å². The Bertz CT molecular complexity index is 1030. The van der Waals surface area contributed by atoms with Gasteiger partial charge in [0, 0.05) is 55.5 Å². The zero-order valence-electron chi connectivity index (χ0n) is 16.7. The molecule has 29 heavy (non-hydrogen) atoms. The molecule has 1 aliphatic heterocycles. The summed E-state index contributed by atoms with van der Waals surface area (Å²) in [5, 5.41) is 0.918. The maximum atomic E-state index is 13.1. The highest BCUT2D eigenvalue weighted by Gasteiger charge is 2.28. The minimum Gasteiger partial charge on any atom is -0.451 e. The van der Waals surface area contributed by atoms with Gasteiger partial charge >= 0.3 is 0 Å². The van der Waals surface area contributed by atoms with Crippen LogP contribution < -0.4 is 4.90 Å². The SMILES string of the molecule is COCc1c(C(=O)N2CCN(c3ccc(C(C)=O)cc3)CC2)oc2ccccc12. The molecule has 6 heteroatoms. The van der Waals surface area contributed by atoms with Gasteiger partial charge in [-0.3, -0.25) is 9.59 Å². The van der Waals surface area contributed by atoms with Gasteiger partial charge in [-0.1, -0.05) is 18.2 Å². The third-order valence-corrected chi connectivity index (χ3v) is 5.39. The lowest BCUT2D eigenvalue weighted by atomic mass is 10.1. The summed E-state index contributed by atoms with van der Waals surface area (Å²) in [4.78, 5) is 28.7. The predicted octanol–water partition coefficient (Wildman–Crippen LogP) is 3.74. The second-order valence-electron chi connectivity index (χ2n) is 7.22. The van der Waals surface area contributed by atoms with Crippen LogP contribution in [0.25, 0.3) is 11.0 Å². The van der Waals surface area contributed by atoms with Crippen molar-refractivity contribution in [2.45, 2.75) is 13.5 Å². The van der Waals surface area contributed by atoms with Crippen LogP contribution in [0.15, 0.2) is 52.9 Å². The van der Waals surface area contributed by atoms with Gasteiger partial charge in [-0.05, 0) is 37.3 Å². The third kappa shape index (κ3) is 3.76. The largest absolute Gasteiger partial charge is 0.451 e. The lowest BCUT2D eigenvalue weighted by Crippen LogP contribution is -2.48. The number of para-hydroxylation sites is 1. The third-order valence-electron chi connectivity index (χ3n) is 5.39. The second kappa shape index (κ2) is 8.09. The number of rotatable bonds is 5. The number of benzene rings is 2. The van der Waals surface area contributed by atoms with E-state index >= 15 is 0 Å². The summed E-state index contributed by atoms with van der Waals surface area (Å²) in [6.07, 6.45) is 0. The van der Waals surface area contributed by atoms with E-state index in [1.807, 2.05) is 53.4 Å². The van der Waals surface area contributed by atoms with Gasteiger partial charge in [-0.25, -0.2) is 0 Å². The smallest absolute Gasteiger partial charge is 0.290 e. The molecule has 0 aliphatic carbocycles. The van der Waals surface area contributed by atoms with Crippen LogP contribution in [0, 0.1) is 0 Å². The summed E-state index contributed by atoms with van der Waals surface area (Å²) in [7, 11) is 1.62. The number of anilines is 1. The van der Waals surface area contributed by atoms with Crippen molar-refractivity contribution in [2.75, 3.05) is 38.2 Å². The number of hydrogen-bond acceptors (Lipinski definition) is 5. The number of amides is 1. The molecule has 0 N–H and O–H groups in total. The van der Waals surface area contributed by atoms with E-state index in [1.165, 1.54) is 0 Å². The van der Waals surface area contributed by atoms with Crippen LogP contribution in [-0.2, 0) is 11.3 Å². The Morgan fingerprint density at radius 1 is 1.00 bits per heavy atom. The van der Waals surface area contributed by atoms with E-state index in [1.54, 1.807) is 14.0 Å². The molecule has 1 saturated heterocycles. The molecule has 0 spiro atoms. The Morgan fingerprint density at radius 3 is 2.34 bits per heavy atom. The number of ether oxygens (including phenoxy) is 1. The Labute approximate surface area is 169 Å². The zero-order valence-corrected chi connectivity index (χ0v) is 16.7. The van der Waals surface area contributed by atoms with Crippen molar-refractivity contribution < 1.29 is 18.7 Å². The molecule has 4 rings (SSSR count). The quantitative estimate of drug-likeness (QED) is 0.619. The summed E-state index contributed by atoms with van der Waals surface area (Å²) in [5.41, 5.74) is 3.27. The molecule has 2 aromatic carbocycles. The molecule has 0 bridgehead atoms. The number of methoxy groups -OCH3 is 1. The molecule has 2 heterocycles. The first kappa shape index (κ1) is 19.2. The lowest BCUT2D eigenvalue weighted by molar-refractivity contribution is 0.0710. The number of fused-ring (bicyclic) bond motifs is 1. The standard InChI is InChI=1S/C23H24N2O4/c1-16(26)17-7-9-18(10-8-17)24-11-13-25(14-12-24)23(27)22-20(15-28-2)19-5-3-4-6-21(19)29-22/h3-10H,11-15H2,1-2H3. The van der Waals surface area contributed by atoms with E-state index in [9.17, 15) is 9.59 Å². The van der Waals surface area contributed by atoms with Crippen molar-refractivity contribution in [2.24, 2.45) is 0 Å². The summed E-state index contributed by atoms with van der Waals surface area (Å²) in [6.45, 7) is 4.57. The van der Waals surface area contributed by atoms with Gasteiger partial charge < -0.3 is 19.0 Å². The van der Waals surface area contributed by atoms with Crippen LogP contribution in [-0.4, -0.2) is 49.9 Å². The Balaban J connectivity index is 1.48. The van der Waals surface area contributed by atoms with E-state index in [0.717, 1.165) is 29.7 Å². The van der Waals surface area contributed by atoms with E-state index in [2.05, 4.69) is 4.90 Å². The van der Waals surface area contributed by atoms with Crippen molar-refractivity contribution >= 4 is 28.3 Å². The Kier molecular flexibility index (Phi) is 5.36. The number of hydrogen-bond donors (Lipinski definition) is 0. The number of carbonyl (C=O) groups is 2. The molecule has 1 aliphatic rings. The van der Waals surface area contributed by atoms with E-state index in [0.29, 0.717) is 36.6 Å². The first-order valence-electron chi connectivity index (χ1n) is 9.73. The number of Topliss-reactive ketones (excluding diaryl/α,β-unsaturated/α-hetero) is 1. The van der Waals surface area contributed by atoms with Crippen LogP contribution in [0.1, 0.15) is 33.4 Å². The number of carbonyl (C=O) groups excluding carboxylic acids is 2. The fourth-order valence-electron chi connectivity index (χ4n) is 3.78. The van der Waals surface area contributed by atoms with Crippen molar-refractivity contribution in [3.8, 4) is 0 Å². The van der Waals surface area contributed by atoms with E-state index in [-0.39, 0.29) is 11.7 Å². The highest BCUT2D eigenvalue weighted by Crippen LogP contribution is 2.28.